The average molecular weight is 274 g/mol. The van der Waals surface area contributed by atoms with Gasteiger partial charge in [0.25, 0.3) is 5.91 Å². The van der Waals surface area contributed by atoms with Crippen molar-refractivity contribution >= 4 is 11.9 Å². The van der Waals surface area contributed by atoms with Crippen LogP contribution in [0.4, 0.5) is 4.79 Å². The molecule has 1 aromatic carbocycles. The van der Waals surface area contributed by atoms with Crippen LogP contribution in [-0.4, -0.2) is 29.4 Å². The minimum Gasteiger partial charge on any atom is -0.325 e. The number of carbonyl (C=O) groups excluding carboxylic acids is 2. The van der Waals surface area contributed by atoms with Gasteiger partial charge in [-0.05, 0) is 17.4 Å². The van der Waals surface area contributed by atoms with E-state index in [1.54, 1.807) is 0 Å². The summed E-state index contributed by atoms with van der Waals surface area (Å²) in [5.41, 5.74) is 1.01. The maximum atomic E-state index is 12.4. The summed E-state index contributed by atoms with van der Waals surface area (Å²) in [5.74, 6) is -0.111. The van der Waals surface area contributed by atoms with Crippen molar-refractivity contribution in [2.45, 2.75) is 39.7 Å². The predicted octanol–water partition coefficient (Wildman–Crippen LogP) is 2.59. The molecule has 0 saturated carbocycles. The van der Waals surface area contributed by atoms with Gasteiger partial charge >= 0.3 is 6.03 Å². The van der Waals surface area contributed by atoms with E-state index in [1.807, 2.05) is 30.3 Å². The van der Waals surface area contributed by atoms with Crippen molar-refractivity contribution in [2.24, 2.45) is 5.41 Å². The first kappa shape index (κ1) is 14.6. The lowest BCUT2D eigenvalue weighted by atomic mass is 9.89. The van der Waals surface area contributed by atoms with E-state index in [-0.39, 0.29) is 17.4 Å². The number of carbonyl (C=O) groups is 2. The lowest BCUT2D eigenvalue weighted by Crippen LogP contribution is -2.39. The van der Waals surface area contributed by atoms with Crippen molar-refractivity contribution in [1.82, 2.24) is 10.2 Å². The second-order valence-electron chi connectivity index (χ2n) is 6.13. The number of nitrogens with zero attached hydrogens (tertiary/aromatic N) is 1. The zero-order valence-electron chi connectivity index (χ0n) is 12.3. The summed E-state index contributed by atoms with van der Waals surface area (Å²) in [5, 5.41) is 2.79. The second-order valence-corrected chi connectivity index (χ2v) is 6.13. The molecule has 2 rings (SSSR count). The van der Waals surface area contributed by atoms with Crippen molar-refractivity contribution in [3.05, 3.63) is 35.9 Å². The molecule has 3 amide bonds. The summed E-state index contributed by atoms with van der Waals surface area (Å²) in [7, 11) is 0. The Morgan fingerprint density at radius 1 is 1.20 bits per heavy atom. The Bertz CT molecular complexity index is 496. The summed E-state index contributed by atoms with van der Waals surface area (Å²) in [6.45, 7) is 6.68. The summed E-state index contributed by atoms with van der Waals surface area (Å²) in [6.07, 6.45) is 1.47. The number of hydrogen-bond acceptors (Lipinski definition) is 2. The topological polar surface area (TPSA) is 49.4 Å². The maximum absolute atomic E-state index is 12.4. The van der Waals surface area contributed by atoms with Crippen molar-refractivity contribution < 1.29 is 9.59 Å². The molecule has 1 unspecified atom stereocenters. The van der Waals surface area contributed by atoms with Gasteiger partial charge in [0.1, 0.15) is 6.04 Å². The summed E-state index contributed by atoms with van der Waals surface area (Å²) >= 11 is 0. The normalized spacial score (nSPS) is 19.4. The van der Waals surface area contributed by atoms with Crippen LogP contribution in [0, 0.1) is 5.41 Å². The van der Waals surface area contributed by atoms with Crippen LogP contribution >= 0.6 is 0 Å². The molecule has 0 spiro atoms. The minimum absolute atomic E-state index is 0.0470. The third kappa shape index (κ3) is 3.18. The zero-order chi connectivity index (χ0) is 14.8. The molecule has 0 radical (unpaired) electrons. The van der Waals surface area contributed by atoms with E-state index < -0.39 is 6.04 Å². The van der Waals surface area contributed by atoms with Gasteiger partial charge in [-0.1, -0.05) is 51.1 Å². The lowest BCUT2D eigenvalue weighted by Gasteiger charge is -2.27. The molecule has 1 heterocycles. The van der Waals surface area contributed by atoms with Gasteiger partial charge in [-0.15, -0.1) is 0 Å². The molecule has 1 N–H and O–H groups in total. The molecule has 1 atom stereocenters. The van der Waals surface area contributed by atoms with E-state index in [0.29, 0.717) is 13.0 Å². The third-order valence-corrected chi connectivity index (χ3v) is 3.93. The van der Waals surface area contributed by atoms with Gasteiger partial charge in [0.15, 0.2) is 0 Å². The van der Waals surface area contributed by atoms with Crippen molar-refractivity contribution in [3.63, 3.8) is 0 Å². The summed E-state index contributed by atoms with van der Waals surface area (Å²) < 4.78 is 0. The van der Waals surface area contributed by atoms with E-state index in [1.165, 1.54) is 4.90 Å². The Hall–Kier alpha value is -1.84. The molecule has 108 valence electrons. The molecule has 0 aliphatic carbocycles. The Morgan fingerprint density at radius 2 is 1.85 bits per heavy atom. The lowest BCUT2D eigenvalue weighted by molar-refractivity contribution is -0.128. The van der Waals surface area contributed by atoms with E-state index in [2.05, 4.69) is 26.1 Å². The van der Waals surface area contributed by atoms with Gasteiger partial charge in [-0.2, -0.15) is 0 Å². The van der Waals surface area contributed by atoms with Gasteiger partial charge in [0, 0.05) is 13.0 Å². The number of rotatable bonds is 5. The second kappa shape index (κ2) is 5.65. The number of hydrogen-bond donors (Lipinski definition) is 1. The van der Waals surface area contributed by atoms with Gasteiger partial charge in [0.05, 0.1) is 0 Å². The van der Waals surface area contributed by atoms with Crippen LogP contribution in [-0.2, 0) is 11.2 Å². The third-order valence-electron chi connectivity index (χ3n) is 3.93. The van der Waals surface area contributed by atoms with Crippen LogP contribution in [0.15, 0.2) is 30.3 Å². The van der Waals surface area contributed by atoms with Gasteiger partial charge in [-0.25, -0.2) is 4.79 Å². The molecule has 1 saturated heterocycles. The predicted molar refractivity (Wildman–Crippen MR) is 78.3 cm³/mol. The van der Waals surface area contributed by atoms with E-state index >= 15 is 0 Å². The Morgan fingerprint density at radius 3 is 2.45 bits per heavy atom. The van der Waals surface area contributed by atoms with Gasteiger partial charge < -0.3 is 5.32 Å². The number of imide groups is 1. The van der Waals surface area contributed by atoms with Crippen LogP contribution in [0.2, 0.25) is 0 Å². The number of urea groups is 1. The minimum atomic E-state index is -0.433. The highest BCUT2D eigenvalue weighted by molar-refractivity contribution is 6.04. The molecular weight excluding hydrogens is 252 g/mol. The number of amides is 3. The quantitative estimate of drug-likeness (QED) is 0.839. The fourth-order valence-corrected chi connectivity index (χ4v) is 2.25. The first-order valence-corrected chi connectivity index (χ1v) is 7.09. The fraction of sp³-hybridized carbons (Fsp3) is 0.500. The maximum Gasteiger partial charge on any atom is 0.324 e. The molecule has 0 aromatic heterocycles. The van der Waals surface area contributed by atoms with Crippen molar-refractivity contribution in [2.75, 3.05) is 6.54 Å². The Labute approximate surface area is 120 Å². The van der Waals surface area contributed by atoms with Crippen molar-refractivity contribution in [3.8, 4) is 0 Å². The Kier molecular flexibility index (Phi) is 4.12. The van der Waals surface area contributed by atoms with Crippen LogP contribution in [0.5, 0.6) is 0 Å². The van der Waals surface area contributed by atoms with E-state index in [9.17, 15) is 9.59 Å². The summed E-state index contributed by atoms with van der Waals surface area (Å²) in [6, 6.07) is 9.06. The Balaban J connectivity index is 2.05. The van der Waals surface area contributed by atoms with Gasteiger partial charge in [0.2, 0.25) is 0 Å². The highest BCUT2D eigenvalue weighted by Gasteiger charge is 2.39. The number of benzene rings is 1. The largest absolute Gasteiger partial charge is 0.325 e. The van der Waals surface area contributed by atoms with Crippen LogP contribution in [0.1, 0.15) is 32.8 Å². The molecule has 4 nitrogen and oxygen atoms in total. The monoisotopic (exact) mass is 274 g/mol. The summed E-state index contributed by atoms with van der Waals surface area (Å²) in [4.78, 5) is 25.7. The molecule has 1 aliphatic rings. The van der Waals surface area contributed by atoms with E-state index in [4.69, 9.17) is 0 Å². The average Bonchev–Trinajstić information content (AvgIpc) is 2.67. The first-order chi connectivity index (χ1) is 9.43. The smallest absolute Gasteiger partial charge is 0.324 e. The number of nitrogens with one attached hydrogen (secondary N) is 1. The van der Waals surface area contributed by atoms with Crippen LogP contribution in [0.25, 0.3) is 0 Å². The highest BCUT2D eigenvalue weighted by Crippen LogP contribution is 2.23. The molecular formula is C16H22N2O2. The molecule has 1 aromatic rings. The molecule has 0 bridgehead atoms. The fourth-order valence-electron chi connectivity index (χ4n) is 2.25. The molecule has 20 heavy (non-hydrogen) atoms. The molecule has 1 fully saturated rings. The zero-order valence-corrected chi connectivity index (χ0v) is 12.3. The van der Waals surface area contributed by atoms with E-state index in [0.717, 1.165) is 12.0 Å². The molecule has 4 heteroatoms. The van der Waals surface area contributed by atoms with Crippen LogP contribution < -0.4 is 5.32 Å². The SMILES string of the molecule is CCC(C)(C)CN1C(=O)NC(Cc2ccccc2)C1=O. The molecule has 1 aliphatic heterocycles. The highest BCUT2D eigenvalue weighted by atomic mass is 16.2. The van der Waals surface area contributed by atoms with Crippen molar-refractivity contribution in [1.29, 1.82) is 0 Å². The van der Waals surface area contributed by atoms with Gasteiger partial charge in [-0.3, -0.25) is 9.69 Å². The first-order valence-electron chi connectivity index (χ1n) is 7.09. The van der Waals surface area contributed by atoms with Crippen LogP contribution in [0.3, 0.4) is 0 Å². The standard InChI is InChI=1S/C16H22N2O2/c1-4-16(2,3)11-18-14(19)13(17-15(18)20)10-12-8-6-5-7-9-12/h5-9,13H,4,10-11H2,1-3H3,(H,17,20).